The number of ketones is 1. The lowest BCUT2D eigenvalue weighted by atomic mass is 9.94. The van der Waals surface area contributed by atoms with Crippen molar-refractivity contribution in [2.75, 3.05) is 0 Å². The Bertz CT molecular complexity index is 553. The van der Waals surface area contributed by atoms with Crippen LogP contribution in [0.2, 0.25) is 0 Å². The van der Waals surface area contributed by atoms with E-state index in [9.17, 15) is 4.79 Å². The van der Waals surface area contributed by atoms with Gasteiger partial charge >= 0.3 is 0 Å². The molecule has 5 nitrogen and oxygen atoms in total. The molecule has 3 rings (SSSR count). The van der Waals surface area contributed by atoms with Crippen LogP contribution in [0.15, 0.2) is 16.9 Å². The molecular weight excluding hydrogens is 206 g/mol. The Morgan fingerprint density at radius 2 is 2.31 bits per heavy atom. The van der Waals surface area contributed by atoms with Crippen LogP contribution >= 0.6 is 0 Å². The molecule has 82 valence electrons. The zero-order valence-electron chi connectivity index (χ0n) is 8.93. The van der Waals surface area contributed by atoms with Crippen LogP contribution in [0.3, 0.4) is 0 Å². The highest BCUT2D eigenvalue weighted by molar-refractivity contribution is 5.97. The first-order valence-corrected chi connectivity index (χ1v) is 5.26. The van der Waals surface area contributed by atoms with E-state index in [1.807, 2.05) is 13.2 Å². The Balaban J connectivity index is 2.12. The zero-order chi connectivity index (χ0) is 11.1. The molecule has 2 aromatic rings. The molecule has 16 heavy (non-hydrogen) atoms. The van der Waals surface area contributed by atoms with Crippen molar-refractivity contribution >= 4 is 5.78 Å². The molecule has 0 N–H and O–H groups in total. The number of hydrogen-bond donors (Lipinski definition) is 0. The summed E-state index contributed by atoms with van der Waals surface area (Å²) in [5.74, 6) is 0.494. The number of carbonyl (C=O) groups is 1. The summed E-state index contributed by atoms with van der Waals surface area (Å²) in [7, 11) is 1.85. The molecule has 2 heterocycles. The lowest BCUT2D eigenvalue weighted by Gasteiger charge is -2.07. The Morgan fingerprint density at radius 1 is 1.44 bits per heavy atom. The molecule has 0 saturated heterocycles. The van der Waals surface area contributed by atoms with Gasteiger partial charge in [-0.25, -0.2) is 0 Å². The maximum Gasteiger partial charge on any atom is 0.206 e. The lowest BCUT2D eigenvalue weighted by molar-refractivity contribution is 0.0935. The summed E-state index contributed by atoms with van der Waals surface area (Å²) in [4.78, 5) is 11.6. The molecule has 0 saturated carbocycles. The summed E-state index contributed by atoms with van der Waals surface area (Å²) >= 11 is 0. The molecule has 0 fully saturated rings. The van der Waals surface area contributed by atoms with Crippen LogP contribution in [0, 0.1) is 0 Å². The van der Waals surface area contributed by atoms with Crippen LogP contribution < -0.4 is 0 Å². The van der Waals surface area contributed by atoms with Gasteiger partial charge < -0.3 is 4.52 Å². The van der Waals surface area contributed by atoms with Gasteiger partial charge in [-0.1, -0.05) is 5.16 Å². The smallest absolute Gasteiger partial charge is 0.206 e. The van der Waals surface area contributed by atoms with Crippen molar-refractivity contribution in [2.24, 2.45) is 7.05 Å². The molecule has 0 unspecified atom stereocenters. The first-order valence-electron chi connectivity index (χ1n) is 5.26. The van der Waals surface area contributed by atoms with E-state index in [-0.39, 0.29) is 5.78 Å². The van der Waals surface area contributed by atoms with Crippen molar-refractivity contribution in [3.8, 4) is 11.3 Å². The molecule has 0 radical (unpaired) electrons. The van der Waals surface area contributed by atoms with Crippen molar-refractivity contribution in [1.29, 1.82) is 0 Å². The summed E-state index contributed by atoms with van der Waals surface area (Å²) in [5, 5.41) is 8.07. The summed E-state index contributed by atoms with van der Waals surface area (Å²) < 4.78 is 6.84. The monoisotopic (exact) mass is 217 g/mol. The standard InChI is InChI=1S/C11H11N3O2/c1-14-6-7(5-12-14)10-8-3-2-4-9(15)11(8)16-13-10/h5-6H,2-4H2,1H3. The fourth-order valence-electron chi connectivity index (χ4n) is 2.07. The Hall–Kier alpha value is -1.91. The summed E-state index contributed by atoms with van der Waals surface area (Å²) in [6.45, 7) is 0. The minimum absolute atomic E-state index is 0.0592. The van der Waals surface area contributed by atoms with E-state index in [0.717, 1.165) is 29.7 Å². The molecule has 1 aliphatic carbocycles. The Morgan fingerprint density at radius 3 is 3.06 bits per heavy atom. The third-order valence-electron chi connectivity index (χ3n) is 2.85. The maximum atomic E-state index is 11.6. The van der Waals surface area contributed by atoms with Gasteiger partial charge in [0.25, 0.3) is 0 Å². The quantitative estimate of drug-likeness (QED) is 0.727. The van der Waals surface area contributed by atoms with Crippen molar-refractivity contribution in [2.45, 2.75) is 19.3 Å². The molecule has 0 atom stereocenters. The molecular formula is C11H11N3O2. The van der Waals surface area contributed by atoms with E-state index >= 15 is 0 Å². The molecule has 2 aromatic heterocycles. The van der Waals surface area contributed by atoms with Gasteiger partial charge in [0.15, 0.2) is 0 Å². The Labute approximate surface area is 92.0 Å². The molecule has 0 amide bonds. The van der Waals surface area contributed by atoms with Crippen LogP contribution in [-0.2, 0) is 13.5 Å². The van der Waals surface area contributed by atoms with E-state index in [1.165, 1.54) is 0 Å². The predicted octanol–water partition coefficient (Wildman–Crippen LogP) is 1.59. The average molecular weight is 217 g/mol. The van der Waals surface area contributed by atoms with Gasteiger partial charge in [-0.2, -0.15) is 5.10 Å². The first-order chi connectivity index (χ1) is 7.75. The highest BCUT2D eigenvalue weighted by Crippen LogP contribution is 2.30. The fourth-order valence-corrected chi connectivity index (χ4v) is 2.07. The van der Waals surface area contributed by atoms with Crippen molar-refractivity contribution < 1.29 is 9.32 Å². The van der Waals surface area contributed by atoms with Crippen LogP contribution in [0.1, 0.15) is 29.0 Å². The molecule has 0 aromatic carbocycles. The van der Waals surface area contributed by atoms with Crippen LogP contribution in [0.25, 0.3) is 11.3 Å². The fraction of sp³-hybridized carbons (Fsp3) is 0.364. The number of aromatic nitrogens is 3. The van der Waals surface area contributed by atoms with Gasteiger partial charge in [-0.3, -0.25) is 9.48 Å². The maximum absolute atomic E-state index is 11.6. The first kappa shape index (κ1) is 9.33. The number of carbonyl (C=O) groups excluding carboxylic acids is 1. The predicted molar refractivity (Wildman–Crippen MR) is 56.0 cm³/mol. The Kier molecular flexibility index (Phi) is 1.92. The molecule has 0 bridgehead atoms. The molecule has 0 spiro atoms. The highest BCUT2D eigenvalue weighted by atomic mass is 16.5. The van der Waals surface area contributed by atoms with E-state index in [0.29, 0.717) is 12.2 Å². The number of aryl methyl sites for hydroxylation is 1. The van der Waals surface area contributed by atoms with Gasteiger partial charge in [0.05, 0.1) is 6.20 Å². The van der Waals surface area contributed by atoms with Crippen molar-refractivity contribution in [1.82, 2.24) is 14.9 Å². The number of fused-ring (bicyclic) bond motifs is 1. The second-order valence-electron chi connectivity index (χ2n) is 4.02. The van der Waals surface area contributed by atoms with Crippen molar-refractivity contribution in [3.63, 3.8) is 0 Å². The second kappa shape index (κ2) is 3.30. The SMILES string of the molecule is Cn1cc(-c2noc3c2CCCC3=O)cn1. The minimum Gasteiger partial charge on any atom is -0.352 e. The lowest BCUT2D eigenvalue weighted by Crippen LogP contribution is -2.08. The molecule has 5 heteroatoms. The minimum atomic E-state index is 0.0592. The summed E-state index contributed by atoms with van der Waals surface area (Å²) in [6, 6.07) is 0. The third-order valence-corrected chi connectivity index (χ3v) is 2.85. The summed E-state index contributed by atoms with van der Waals surface area (Å²) in [5.41, 5.74) is 2.60. The third kappa shape index (κ3) is 1.28. The largest absolute Gasteiger partial charge is 0.352 e. The zero-order valence-corrected chi connectivity index (χ0v) is 8.93. The van der Waals surface area contributed by atoms with Gasteiger partial charge in [0.1, 0.15) is 5.69 Å². The van der Waals surface area contributed by atoms with Gasteiger partial charge in [0, 0.05) is 30.8 Å². The molecule has 0 aliphatic heterocycles. The van der Waals surface area contributed by atoms with Gasteiger partial charge in [-0.05, 0) is 12.8 Å². The average Bonchev–Trinajstić information content (AvgIpc) is 2.84. The van der Waals surface area contributed by atoms with Crippen molar-refractivity contribution in [3.05, 3.63) is 23.7 Å². The van der Waals surface area contributed by atoms with Gasteiger partial charge in [-0.15, -0.1) is 0 Å². The van der Waals surface area contributed by atoms with E-state index < -0.39 is 0 Å². The molecule has 1 aliphatic rings. The van der Waals surface area contributed by atoms with E-state index in [2.05, 4.69) is 10.3 Å². The van der Waals surface area contributed by atoms with Crippen LogP contribution in [-0.4, -0.2) is 20.7 Å². The van der Waals surface area contributed by atoms with E-state index in [1.54, 1.807) is 10.9 Å². The second-order valence-corrected chi connectivity index (χ2v) is 4.02. The normalized spacial score (nSPS) is 15.2. The van der Waals surface area contributed by atoms with Crippen LogP contribution in [0.5, 0.6) is 0 Å². The van der Waals surface area contributed by atoms with E-state index in [4.69, 9.17) is 4.52 Å². The summed E-state index contributed by atoms with van der Waals surface area (Å²) in [6.07, 6.45) is 5.90. The highest BCUT2D eigenvalue weighted by Gasteiger charge is 2.26. The number of nitrogens with zero attached hydrogens (tertiary/aromatic N) is 3. The van der Waals surface area contributed by atoms with Gasteiger partial charge in [0.2, 0.25) is 11.5 Å². The topological polar surface area (TPSA) is 60.9 Å². The van der Waals surface area contributed by atoms with Crippen LogP contribution in [0.4, 0.5) is 0 Å². The number of rotatable bonds is 1. The number of Topliss-reactive ketones (excluding diaryl/α,β-unsaturated/α-hetero) is 1. The number of hydrogen-bond acceptors (Lipinski definition) is 4.